The zero-order valence-corrected chi connectivity index (χ0v) is 17.3. The average Bonchev–Trinajstić information content (AvgIpc) is 3.14. The van der Waals surface area contributed by atoms with Gasteiger partial charge in [0.1, 0.15) is 11.6 Å². The molecule has 0 aliphatic carbocycles. The third-order valence-electron chi connectivity index (χ3n) is 4.98. The fourth-order valence-electron chi connectivity index (χ4n) is 3.41. The highest BCUT2D eigenvalue weighted by atomic mass is 32.2. The van der Waals surface area contributed by atoms with Crippen molar-refractivity contribution in [3.05, 3.63) is 83.4 Å². The first-order chi connectivity index (χ1) is 14.7. The molecule has 160 valence electrons. The van der Waals surface area contributed by atoms with Crippen LogP contribution in [0.25, 0.3) is 0 Å². The smallest absolute Gasteiger partial charge is 0.308 e. The van der Waals surface area contributed by atoms with Gasteiger partial charge in [0.25, 0.3) is 10.0 Å². The molecule has 0 saturated carbocycles. The van der Waals surface area contributed by atoms with Crippen molar-refractivity contribution in [3.63, 3.8) is 0 Å². The summed E-state index contributed by atoms with van der Waals surface area (Å²) < 4.78 is 54.1. The van der Waals surface area contributed by atoms with Gasteiger partial charge in [-0.1, -0.05) is 17.7 Å². The predicted molar refractivity (Wildman–Crippen MR) is 115 cm³/mol. The molecular formula is C22H19F2N3O3S. The topological polar surface area (TPSA) is 78.5 Å². The summed E-state index contributed by atoms with van der Waals surface area (Å²) in [7, 11) is -3.69. The Balaban J connectivity index is 1.51. The van der Waals surface area contributed by atoms with Crippen molar-refractivity contribution in [2.24, 2.45) is 0 Å². The first-order valence-corrected chi connectivity index (χ1v) is 10.9. The SMILES string of the molecule is Cc1ccc(S(=O)(=O)N2CCc3cc(NC(=O)Nc4ccc(F)cc4F)ccc32)cc1. The maximum atomic E-state index is 13.7. The van der Waals surface area contributed by atoms with Gasteiger partial charge < -0.3 is 10.6 Å². The molecule has 2 amide bonds. The highest BCUT2D eigenvalue weighted by molar-refractivity contribution is 7.92. The van der Waals surface area contributed by atoms with Gasteiger partial charge in [-0.05, 0) is 61.4 Å². The van der Waals surface area contributed by atoms with E-state index in [1.54, 1.807) is 42.5 Å². The molecule has 0 aromatic heterocycles. The largest absolute Gasteiger partial charge is 0.323 e. The highest BCUT2D eigenvalue weighted by Crippen LogP contribution is 2.34. The van der Waals surface area contributed by atoms with E-state index in [-0.39, 0.29) is 10.6 Å². The number of urea groups is 1. The Labute approximate surface area is 178 Å². The Morgan fingerprint density at radius 1 is 0.968 bits per heavy atom. The second-order valence-corrected chi connectivity index (χ2v) is 9.05. The number of carbonyl (C=O) groups excluding carboxylic acids is 1. The minimum atomic E-state index is -3.69. The Morgan fingerprint density at radius 3 is 2.42 bits per heavy atom. The van der Waals surface area contributed by atoms with Crippen LogP contribution in [-0.4, -0.2) is 21.0 Å². The lowest BCUT2D eigenvalue weighted by Crippen LogP contribution is -2.29. The van der Waals surface area contributed by atoms with Crippen LogP contribution >= 0.6 is 0 Å². The lowest BCUT2D eigenvalue weighted by Gasteiger charge is -2.20. The number of halogens is 2. The number of rotatable bonds is 4. The van der Waals surface area contributed by atoms with Crippen molar-refractivity contribution in [2.75, 3.05) is 21.5 Å². The maximum Gasteiger partial charge on any atom is 0.323 e. The highest BCUT2D eigenvalue weighted by Gasteiger charge is 2.31. The number of nitrogens with one attached hydrogen (secondary N) is 2. The molecule has 1 aliphatic rings. The van der Waals surface area contributed by atoms with E-state index in [2.05, 4.69) is 10.6 Å². The second kappa shape index (κ2) is 7.99. The summed E-state index contributed by atoms with van der Waals surface area (Å²) in [4.78, 5) is 12.4. The molecule has 0 unspecified atom stereocenters. The second-order valence-electron chi connectivity index (χ2n) is 7.19. The van der Waals surface area contributed by atoms with Crippen molar-refractivity contribution in [2.45, 2.75) is 18.2 Å². The summed E-state index contributed by atoms with van der Waals surface area (Å²) in [5.74, 6) is -1.63. The van der Waals surface area contributed by atoms with Crippen molar-refractivity contribution in [3.8, 4) is 0 Å². The lowest BCUT2D eigenvalue weighted by molar-refractivity contribution is 0.262. The maximum absolute atomic E-state index is 13.7. The Morgan fingerprint density at radius 2 is 1.71 bits per heavy atom. The van der Waals surface area contributed by atoms with Crippen LogP contribution in [0.3, 0.4) is 0 Å². The molecule has 9 heteroatoms. The fraction of sp³-hybridized carbons (Fsp3) is 0.136. The minimum Gasteiger partial charge on any atom is -0.308 e. The fourth-order valence-corrected chi connectivity index (χ4v) is 4.92. The van der Waals surface area contributed by atoms with Crippen molar-refractivity contribution < 1.29 is 22.0 Å². The zero-order valence-electron chi connectivity index (χ0n) is 16.5. The third-order valence-corrected chi connectivity index (χ3v) is 6.81. The van der Waals surface area contributed by atoms with Gasteiger partial charge in [0.15, 0.2) is 0 Å². The number of sulfonamides is 1. The number of anilines is 3. The molecule has 6 nitrogen and oxygen atoms in total. The number of benzene rings is 3. The van der Waals surface area contributed by atoms with Gasteiger partial charge in [-0.3, -0.25) is 4.31 Å². The number of amides is 2. The van der Waals surface area contributed by atoms with Crippen molar-refractivity contribution in [1.82, 2.24) is 0 Å². The molecular weight excluding hydrogens is 424 g/mol. The molecule has 0 atom stereocenters. The standard InChI is InChI=1S/C22H19F2N3O3S/c1-14-2-6-18(7-3-14)31(29,30)27-11-10-15-12-17(5-9-21(15)27)25-22(28)26-20-8-4-16(23)13-19(20)24/h2-9,12-13H,10-11H2,1H3,(H2,25,26,28). The van der Waals surface area contributed by atoms with Crippen LogP contribution in [0.5, 0.6) is 0 Å². The molecule has 3 aromatic carbocycles. The molecule has 0 spiro atoms. The lowest BCUT2D eigenvalue weighted by atomic mass is 10.1. The van der Waals surface area contributed by atoms with E-state index < -0.39 is 27.7 Å². The number of aryl methyl sites for hydroxylation is 1. The Bertz CT molecular complexity index is 1260. The van der Waals surface area contributed by atoms with Crippen LogP contribution in [0.2, 0.25) is 0 Å². The number of carbonyl (C=O) groups is 1. The molecule has 0 radical (unpaired) electrons. The van der Waals surface area contributed by atoms with E-state index in [0.717, 1.165) is 23.3 Å². The number of hydrogen-bond donors (Lipinski definition) is 2. The third kappa shape index (κ3) is 4.22. The zero-order chi connectivity index (χ0) is 22.2. The average molecular weight is 443 g/mol. The molecule has 2 N–H and O–H groups in total. The van der Waals surface area contributed by atoms with Gasteiger partial charge in [-0.25, -0.2) is 22.0 Å². The molecule has 0 fully saturated rings. The van der Waals surface area contributed by atoms with E-state index in [1.807, 2.05) is 6.92 Å². The van der Waals surface area contributed by atoms with Crippen LogP contribution in [-0.2, 0) is 16.4 Å². The first kappa shape index (κ1) is 20.8. The van der Waals surface area contributed by atoms with Crippen LogP contribution in [0.4, 0.5) is 30.6 Å². The summed E-state index contributed by atoms with van der Waals surface area (Å²) >= 11 is 0. The van der Waals surface area contributed by atoms with E-state index in [9.17, 15) is 22.0 Å². The molecule has 3 aromatic rings. The van der Waals surface area contributed by atoms with Gasteiger partial charge in [-0.2, -0.15) is 0 Å². The van der Waals surface area contributed by atoms with Crippen LogP contribution in [0.15, 0.2) is 65.6 Å². The molecule has 0 bridgehead atoms. The molecule has 31 heavy (non-hydrogen) atoms. The summed E-state index contributed by atoms with van der Waals surface area (Å²) in [6, 6.07) is 13.7. The summed E-state index contributed by atoms with van der Waals surface area (Å²) in [5.41, 5.74) is 2.55. The summed E-state index contributed by atoms with van der Waals surface area (Å²) in [6.07, 6.45) is 0.490. The van der Waals surface area contributed by atoms with Gasteiger partial charge in [0.2, 0.25) is 0 Å². The van der Waals surface area contributed by atoms with Crippen molar-refractivity contribution >= 4 is 33.1 Å². The Kier molecular flexibility index (Phi) is 5.36. The molecule has 1 aliphatic heterocycles. The quantitative estimate of drug-likeness (QED) is 0.615. The Hall–Kier alpha value is -3.46. The molecule has 1 heterocycles. The number of hydrogen-bond acceptors (Lipinski definition) is 3. The monoisotopic (exact) mass is 443 g/mol. The van der Waals surface area contributed by atoms with Gasteiger partial charge >= 0.3 is 6.03 Å². The number of nitrogens with zero attached hydrogens (tertiary/aromatic N) is 1. The molecule has 4 rings (SSSR count). The van der Waals surface area contributed by atoms with Crippen molar-refractivity contribution in [1.29, 1.82) is 0 Å². The van der Waals surface area contributed by atoms with Crippen LogP contribution in [0.1, 0.15) is 11.1 Å². The van der Waals surface area contributed by atoms with E-state index in [1.165, 1.54) is 4.31 Å². The van der Waals surface area contributed by atoms with Crippen LogP contribution in [0, 0.1) is 18.6 Å². The first-order valence-electron chi connectivity index (χ1n) is 9.49. The van der Waals surface area contributed by atoms with E-state index in [0.29, 0.717) is 30.4 Å². The molecule has 0 saturated heterocycles. The van der Waals surface area contributed by atoms with Gasteiger partial charge in [-0.15, -0.1) is 0 Å². The predicted octanol–water partition coefficient (Wildman–Crippen LogP) is 4.67. The normalized spacial score (nSPS) is 13.1. The summed E-state index contributed by atoms with van der Waals surface area (Å²) in [5, 5.41) is 4.89. The van der Waals surface area contributed by atoms with Gasteiger partial charge in [0.05, 0.1) is 16.3 Å². The van der Waals surface area contributed by atoms with E-state index >= 15 is 0 Å². The van der Waals surface area contributed by atoms with E-state index in [4.69, 9.17) is 0 Å². The minimum absolute atomic E-state index is 0.157. The number of fused-ring (bicyclic) bond motifs is 1. The van der Waals surface area contributed by atoms with Crippen LogP contribution < -0.4 is 14.9 Å². The van der Waals surface area contributed by atoms with Gasteiger partial charge in [0, 0.05) is 18.3 Å². The summed E-state index contributed by atoms with van der Waals surface area (Å²) in [6.45, 7) is 2.18.